The lowest BCUT2D eigenvalue weighted by molar-refractivity contribution is -0.132. The number of hydrogen-bond donors (Lipinski definition) is 1. The molecule has 0 aliphatic heterocycles. The zero-order chi connectivity index (χ0) is 17.4. The average molecular weight is 336 g/mol. The van der Waals surface area contributed by atoms with Gasteiger partial charge >= 0.3 is 11.4 Å². The number of carbonyl (C=O) groups is 2. The summed E-state index contributed by atoms with van der Waals surface area (Å²) in [5.41, 5.74) is -0.266. The van der Waals surface area contributed by atoms with Gasteiger partial charge in [-0.2, -0.15) is 0 Å². The lowest BCUT2D eigenvalue weighted by Crippen LogP contribution is -2.27. The number of nitrogens with zero attached hydrogens (tertiary/aromatic N) is 1. The summed E-state index contributed by atoms with van der Waals surface area (Å²) in [7, 11) is 0. The van der Waals surface area contributed by atoms with Gasteiger partial charge in [0.25, 0.3) is 0 Å². The van der Waals surface area contributed by atoms with Gasteiger partial charge in [-0.3, -0.25) is 0 Å². The molecule has 0 bridgehead atoms. The zero-order valence-electron chi connectivity index (χ0n) is 14.2. The molecule has 0 amide bonds. The van der Waals surface area contributed by atoms with E-state index in [1.165, 1.54) is 12.8 Å². The molecule has 0 spiro atoms. The number of aliphatic carboxylic acids is 1. The molecule has 6 heteroatoms. The van der Waals surface area contributed by atoms with Crippen LogP contribution in [-0.4, -0.2) is 47.6 Å². The first-order valence-electron chi connectivity index (χ1n) is 7.83. The largest absolute Gasteiger partial charge is 0.478 e. The van der Waals surface area contributed by atoms with Crippen LogP contribution in [0.2, 0.25) is 0 Å². The van der Waals surface area contributed by atoms with Crippen molar-refractivity contribution in [1.29, 1.82) is 0 Å². The molecule has 0 aromatic carbocycles. The minimum absolute atomic E-state index is 0.379. The number of unbranched alkanes of at least 4 members (excludes halogenated alkanes) is 3. The van der Waals surface area contributed by atoms with Crippen molar-refractivity contribution < 1.29 is 19.4 Å². The molecule has 0 saturated carbocycles. The molecule has 1 N–H and O–H groups in total. The number of hydrogen-bond acceptors (Lipinski definition) is 4. The van der Waals surface area contributed by atoms with Crippen LogP contribution >= 0.6 is 11.6 Å². The monoisotopic (exact) mass is 335 g/mol. The van der Waals surface area contributed by atoms with E-state index >= 15 is 0 Å². The van der Waals surface area contributed by atoms with Gasteiger partial charge in [0, 0.05) is 23.7 Å². The Bertz CT molecular complexity index is 328. The van der Waals surface area contributed by atoms with Crippen molar-refractivity contribution in [2.75, 3.05) is 26.2 Å². The molecule has 0 radical (unpaired) electrons. The molecule has 0 aromatic rings. The maximum absolute atomic E-state index is 10.3. The number of ether oxygens (including phenoxy) is 1. The van der Waals surface area contributed by atoms with Gasteiger partial charge in [0.2, 0.25) is 0 Å². The van der Waals surface area contributed by atoms with Crippen LogP contribution in [0.5, 0.6) is 0 Å². The number of halogens is 1. The van der Waals surface area contributed by atoms with Crippen LogP contribution in [0, 0.1) is 0 Å². The van der Waals surface area contributed by atoms with Gasteiger partial charge < -0.3 is 14.7 Å². The zero-order valence-corrected chi connectivity index (χ0v) is 15.0. The molecular weight excluding hydrogens is 306 g/mol. The molecule has 0 aliphatic rings. The second kappa shape index (κ2) is 16.3. The Labute approximate surface area is 139 Å². The smallest absolute Gasteiger partial charge is 0.403 e. The Morgan fingerprint density at radius 1 is 1.18 bits per heavy atom. The lowest BCUT2D eigenvalue weighted by atomic mass is 10.1. The number of carbonyl (C=O) groups excluding carboxylic acids is 1. The predicted molar refractivity (Wildman–Crippen MR) is 90.5 cm³/mol. The first-order valence-corrected chi connectivity index (χ1v) is 8.21. The molecule has 0 aliphatic carbocycles. The summed E-state index contributed by atoms with van der Waals surface area (Å²) in [4.78, 5) is 22.6. The van der Waals surface area contributed by atoms with E-state index in [9.17, 15) is 9.59 Å². The molecule has 0 rings (SSSR count). The van der Waals surface area contributed by atoms with Crippen molar-refractivity contribution in [1.82, 2.24) is 4.90 Å². The van der Waals surface area contributed by atoms with Crippen molar-refractivity contribution in [3.8, 4) is 0 Å². The summed E-state index contributed by atoms with van der Waals surface area (Å²) in [5, 5.41) is 8.47. The van der Waals surface area contributed by atoms with Crippen LogP contribution in [0.25, 0.3) is 0 Å². The molecule has 130 valence electrons. The van der Waals surface area contributed by atoms with Crippen molar-refractivity contribution in [2.24, 2.45) is 0 Å². The van der Waals surface area contributed by atoms with Crippen LogP contribution in [0.1, 0.15) is 53.4 Å². The summed E-state index contributed by atoms with van der Waals surface area (Å²) in [6.45, 7) is 11.0. The molecule has 0 unspecified atom stereocenters. The minimum atomic E-state index is -0.804. The second-order valence-corrected chi connectivity index (χ2v) is 5.11. The lowest BCUT2D eigenvalue weighted by Gasteiger charge is -2.16. The third kappa shape index (κ3) is 17.0. The van der Waals surface area contributed by atoms with Crippen molar-refractivity contribution in [3.05, 3.63) is 11.6 Å². The Balaban J connectivity index is 0. The van der Waals surface area contributed by atoms with Crippen molar-refractivity contribution in [2.45, 2.75) is 53.4 Å². The van der Waals surface area contributed by atoms with Crippen molar-refractivity contribution >= 4 is 23.0 Å². The average Bonchev–Trinajstić information content (AvgIpc) is 2.48. The van der Waals surface area contributed by atoms with Gasteiger partial charge in [-0.05, 0) is 32.9 Å². The Morgan fingerprint density at radius 2 is 1.77 bits per heavy atom. The Hall–Kier alpha value is -1.07. The minimum Gasteiger partial charge on any atom is -0.478 e. The van der Waals surface area contributed by atoms with Gasteiger partial charge in [0.1, 0.15) is 6.61 Å². The van der Waals surface area contributed by atoms with E-state index in [-0.39, 0.29) is 0 Å². The molecule has 0 heterocycles. The second-order valence-electron chi connectivity index (χ2n) is 4.80. The van der Waals surface area contributed by atoms with Crippen LogP contribution in [-0.2, 0) is 9.53 Å². The fraction of sp³-hybridized carbons (Fsp3) is 0.750. The quantitative estimate of drug-likeness (QED) is 0.366. The summed E-state index contributed by atoms with van der Waals surface area (Å²) in [6.07, 6.45) is 6.15. The molecule has 0 saturated heterocycles. The fourth-order valence-corrected chi connectivity index (χ4v) is 1.67. The molecule has 22 heavy (non-hydrogen) atoms. The summed E-state index contributed by atoms with van der Waals surface area (Å²) in [6, 6.07) is 0. The summed E-state index contributed by atoms with van der Waals surface area (Å²) >= 11 is 4.97. The van der Waals surface area contributed by atoms with Gasteiger partial charge in [-0.15, -0.1) is 0 Å². The highest BCUT2D eigenvalue weighted by molar-refractivity contribution is 6.61. The van der Waals surface area contributed by atoms with Crippen LogP contribution < -0.4 is 0 Å². The van der Waals surface area contributed by atoms with Gasteiger partial charge in [-0.25, -0.2) is 9.59 Å². The molecule has 0 atom stereocenters. The van der Waals surface area contributed by atoms with E-state index in [4.69, 9.17) is 16.7 Å². The van der Waals surface area contributed by atoms with Gasteiger partial charge in [0.15, 0.2) is 0 Å². The number of carboxylic acid groups (broad SMARTS) is 1. The fourth-order valence-electron chi connectivity index (χ4n) is 1.60. The van der Waals surface area contributed by atoms with E-state index in [1.807, 2.05) is 0 Å². The number of allylic oxidation sites excluding steroid dienone is 1. The molecule has 5 nitrogen and oxygen atoms in total. The standard InChI is InChI=1S/C9H16O2.C7H14ClNO2/c1-3-4-5-6-7-8(2)9(10)11;1-3-9(4-2)5-6-11-7(8)10/h7H,3-6H2,1-2H3,(H,10,11);3-6H2,1-2H3. The summed E-state index contributed by atoms with van der Waals surface area (Å²) < 4.78 is 4.56. The predicted octanol–water partition coefficient (Wildman–Crippen LogP) is 4.30. The van der Waals surface area contributed by atoms with E-state index in [1.54, 1.807) is 13.0 Å². The van der Waals surface area contributed by atoms with Crippen LogP contribution in [0.15, 0.2) is 11.6 Å². The van der Waals surface area contributed by atoms with E-state index < -0.39 is 11.4 Å². The highest BCUT2D eigenvalue weighted by Gasteiger charge is 2.00. The van der Waals surface area contributed by atoms with E-state index in [0.29, 0.717) is 12.2 Å². The van der Waals surface area contributed by atoms with Crippen LogP contribution in [0.3, 0.4) is 0 Å². The van der Waals surface area contributed by atoms with Gasteiger partial charge in [0.05, 0.1) is 0 Å². The molecule has 0 aromatic heterocycles. The first-order chi connectivity index (χ1) is 10.4. The maximum atomic E-state index is 10.3. The number of likely N-dealkylation sites (N-methyl/N-ethyl adjacent to an activating group) is 1. The van der Waals surface area contributed by atoms with Crippen LogP contribution in [0.4, 0.5) is 4.79 Å². The summed E-state index contributed by atoms with van der Waals surface area (Å²) in [5.74, 6) is -0.804. The van der Waals surface area contributed by atoms with Gasteiger partial charge in [-0.1, -0.05) is 39.7 Å². The topological polar surface area (TPSA) is 66.8 Å². The number of carboxylic acids is 1. The first kappa shape index (κ1) is 23.2. The third-order valence-corrected chi connectivity index (χ3v) is 3.22. The highest BCUT2D eigenvalue weighted by Crippen LogP contribution is 2.02. The Morgan fingerprint density at radius 3 is 2.18 bits per heavy atom. The SMILES string of the molecule is CCCCCC=C(C)C(=O)O.CCN(CC)CCOC(=O)Cl. The third-order valence-electron chi connectivity index (χ3n) is 3.11. The normalized spacial score (nSPS) is 10.9. The highest BCUT2D eigenvalue weighted by atomic mass is 35.5. The molecule has 0 fully saturated rings. The Kier molecular flexibility index (Phi) is 17.2. The number of rotatable bonds is 10. The van der Waals surface area contributed by atoms with Crippen molar-refractivity contribution in [3.63, 3.8) is 0 Å². The van der Waals surface area contributed by atoms with E-state index in [2.05, 4.69) is 30.4 Å². The molecular formula is C16H30ClNO4. The maximum Gasteiger partial charge on any atom is 0.403 e. The van der Waals surface area contributed by atoms with E-state index in [0.717, 1.165) is 32.5 Å².